The van der Waals surface area contributed by atoms with Crippen LogP contribution in [0, 0.1) is 23.7 Å². The van der Waals surface area contributed by atoms with Crippen molar-refractivity contribution in [2.24, 2.45) is 33.7 Å². The Bertz CT molecular complexity index is 1910. The van der Waals surface area contributed by atoms with Gasteiger partial charge < -0.3 is 10.6 Å². The lowest BCUT2D eigenvalue weighted by Gasteiger charge is -2.36. The van der Waals surface area contributed by atoms with Crippen molar-refractivity contribution in [3.63, 3.8) is 0 Å². The normalized spacial score (nSPS) is 32.7. The lowest BCUT2D eigenvalue weighted by Crippen LogP contribution is -2.40. The van der Waals surface area contributed by atoms with E-state index in [9.17, 15) is 0 Å². The number of nitrogens with zero attached hydrogens (tertiary/aromatic N) is 2. The molecule has 4 heteroatoms. The fraction of sp³-hybridized carbons (Fsp3) is 0.480. The Morgan fingerprint density at radius 2 is 1.44 bits per heavy atom. The number of hydrogen-bond acceptors (Lipinski definition) is 4. The van der Waals surface area contributed by atoms with Gasteiger partial charge in [-0.3, -0.25) is 0 Å². The van der Waals surface area contributed by atoms with Crippen LogP contribution in [0.4, 0.5) is 0 Å². The summed E-state index contributed by atoms with van der Waals surface area (Å²) >= 11 is 0. The van der Waals surface area contributed by atoms with Crippen molar-refractivity contribution < 1.29 is 0 Å². The smallest absolute Gasteiger partial charge is 0.150 e. The van der Waals surface area contributed by atoms with Crippen LogP contribution in [0.25, 0.3) is 0 Å². The van der Waals surface area contributed by atoms with Gasteiger partial charge in [0.15, 0.2) is 6.17 Å². The number of hydrogen-bond donors (Lipinski definition) is 2. The SMILES string of the molecule is C1=CC(C2=NC(C3C=CC(C4=CCCCC4)CC3)N=C(C3=CC=C(C4CC=C(C5=CC(C6=CCCC=C6)NCC5C5=CCCC=C5)CC4)CC3)N2)=CCC1. The van der Waals surface area contributed by atoms with Crippen LogP contribution < -0.4 is 10.6 Å². The summed E-state index contributed by atoms with van der Waals surface area (Å²) in [7, 11) is 0. The Labute approximate surface area is 324 Å². The van der Waals surface area contributed by atoms with Crippen LogP contribution in [0.1, 0.15) is 109 Å². The van der Waals surface area contributed by atoms with E-state index in [-0.39, 0.29) is 6.17 Å². The summed E-state index contributed by atoms with van der Waals surface area (Å²) in [6.45, 7) is 1.02. The molecule has 6 atom stereocenters. The molecule has 0 saturated carbocycles. The zero-order valence-electron chi connectivity index (χ0n) is 32.3. The van der Waals surface area contributed by atoms with Crippen LogP contribution in [0.15, 0.2) is 152 Å². The Morgan fingerprint density at radius 3 is 2.13 bits per heavy atom. The standard InChI is InChI=1S/C50H60N4/c1-5-13-35(14-6-1)36-23-29-43(30-24-36)49-52-48(42-19-11-4-12-20-42)53-50(54-49)44-31-25-38(26-32-44)37-21-27-40(28-22-37)45-33-47(41-17-9-3-10-18-41)51-34-46(45)39-15-7-2-8-16-39/h7,9,11,13,15-20,23,25,27,29,31,33,36-37,43,46-47,49,51H,1-6,8,10,12,14,21-22,24,26,28,30,32,34H2,(H,52,53,54). The van der Waals surface area contributed by atoms with Crippen LogP contribution in [0.2, 0.25) is 0 Å². The fourth-order valence-corrected chi connectivity index (χ4v) is 10.3. The molecule has 2 N–H and O–H groups in total. The summed E-state index contributed by atoms with van der Waals surface area (Å²) in [5, 5.41) is 7.63. The van der Waals surface area contributed by atoms with Crippen molar-refractivity contribution in [1.82, 2.24) is 10.6 Å². The molecule has 0 aromatic heterocycles. The Kier molecular flexibility index (Phi) is 11.1. The van der Waals surface area contributed by atoms with E-state index in [2.05, 4.69) is 108 Å². The average Bonchev–Trinajstić information content (AvgIpc) is 3.27. The summed E-state index contributed by atoms with van der Waals surface area (Å²) in [4.78, 5) is 10.6. The van der Waals surface area contributed by atoms with Crippen LogP contribution in [0.3, 0.4) is 0 Å². The molecule has 0 saturated heterocycles. The first-order valence-electron chi connectivity index (χ1n) is 21.7. The number of amidine groups is 2. The van der Waals surface area contributed by atoms with Crippen molar-refractivity contribution in [3.8, 4) is 0 Å². The molecule has 9 rings (SSSR count). The molecule has 0 radical (unpaired) electrons. The van der Waals surface area contributed by atoms with Gasteiger partial charge in [0.2, 0.25) is 0 Å². The maximum Gasteiger partial charge on any atom is 0.150 e. The second-order valence-corrected chi connectivity index (χ2v) is 17.0. The van der Waals surface area contributed by atoms with E-state index in [1.807, 2.05) is 0 Å². The van der Waals surface area contributed by atoms with Gasteiger partial charge in [-0.2, -0.15) is 0 Å². The highest BCUT2D eigenvalue weighted by Crippen LogP contribution is 2.42. The maximum absolute atomic E-state index is 5.36. The third-order valence-corrected chi connectivity index (χ3v) is 13.5. The van der Waals surface area contributed by atoms with Crippen molar-refractivity contribution in [2.45, 2.75) is 121 Å². The number of allylic oxidation sites excluding steroid dienone is 15. The van der Waals surface area contributed by atoms with Crippen molar-refractivity contribution >= 4 is 11.7 Å². The first-order valence-corrected chi connectivity index (χ1v) is 21.7. The maximum atomic E-state index is 5.36. The molecule has 6 unspecified atom stereocenters. The molecule has 0 aromatic carbocycles. The second-order valence-electron chi connectivity index (χ2n) is 17.0. The van der Waals surface area contributed by atoms with Gasteiger partial charge >= 0.3 is 0 Å². The molecule has 280 valence electrons. The third-order valence-electron chi connectivity index (χ3n) is 13.5. The summed E-state index contributed by atoms with van der Waals surface area (Å²) in [6, 6.07) is 0.321. The van der Waals surface area contributed by atoms with Gasteiger partial charge in [0.05, 0.1) is 6.04 Å². The van der Waals surface area contributed by atoms with Crippen LogP contribution >= 0.6 is 0 Å². The summed E-state index contributed by atoms with van der Waals surface area (Å²) < 4.78 is 0. The highest BCUT2D eigenvalue weighted by atomic mass is 15.2. The summed E-state index contributed by atoms with van der Waals surface area (Å²) in [6.07, 6.45) is 59.0. The lowest BCUT2D eigenvalue weighted by atomic mass is 9.74. The van der Waals surface area contributed by atoms with E-state index in [1.165, 1.54) is 86.5 Å². The Hall–Kier alpha value is -4.02. The van der Waals surface area contributed by atoms with Gasteiger partial charge in [-0.05, 0) is 149 Å². The predicted molar refractivity (Wildman–Crippen MR) is 227 cm³/mol. The molecular weight excluding hydrogens is 657 g/mol. The molecule has 0 spiro atoms. The topological polar surface area (TPSA) is 48.8 Å². The van der Waals surface area contributed by atoms with Gasteiger partial charge in [0.1, 0.15) is 11.7 Å². The second kappa shape index (κ2) is 16.8. The highest BCUT2D eigenvalue weighted by molar-refractivity contribution is 6.16. The molecule has 2 aliphatic heterocycles. The molecule has 7 aliphatic carbocycles. The number of aliphatic imine (C=N–C) groups is 2. The average molecular weight is 717 g/mol. The molecule has 0 amide bonds. The van der Waals surface area contributed by atoms with E-state index >= 15 is 0 Å². The van der Waals surface area contributed by atoms with Crippen LogP contribution in [-0.2, 0) is 0 Å². The van der Waals surface area contributed by atoms with Gasteiger partial charge in [0.25, 0.3) is 0 Å². The van der Waals surface area contributed by atoms with Crippen LogP contribution in [0.5, 0.6) is 0 Å². The van der Waals surface area contributed by atoms with Crippen molar-refractivity contribution in [1.29, 1.82) is 0 Å². The molecule has 0 fully saturated rings. The van der Waals surface area contributed by atoms with Gasteiger partial charge in [0, 0.05) is 24.0 Å². The van der Waals surface area contributed by atoms with E-state index in [0.29, 0.717) is 29.7 Å². The zero-order valence-corrected chi connectivity index (χ0v) is 32.3. The number of rotatable bonds is 8. The molecule has 4 nitrogen and oxygen atoms in total. The molecule has 0 bridgehead atoms. The van der Waals surface area contributed by atoms with Gasteiger partial charge in [-0.1, -0.05) is 108 Å². The van der Waals surface area contributed by atoms with E-state index in [0.717, 1.165) is 63.2 Å². The van der Waals surface area contributed by atoms with Gasteiger partial charge in [-0.15, -0.1) is 0 Å². The van der Waals surface area contributed by atoms with E-state index in [1.54, 1.807) is 22.3 Å². The first-order chi connectivity index (χ1) is 26.7. The van der Waals surface area contributed by atoms with Crippen LogP contribution in [-0.4, -0.2) is 30.4 Å². The van der Waals surface area contributed by atoms with E-state index in [4.69, 9.17) is 9.98 Å². The molecule has 9 aliphatic rings. The van der Waals surface area contributed by atoms with Crippen molar-refractivity contribution in [3.05, 3.63) is 142 Å². The fourth-order valence-electron chi connectivity index (χ4n) is 10.3. The Balaban J connectivity index is 0.916. The third kappa shape index (κ3) is 8.01. The molecule has 2 heterocycles. The summed E-state index contributed by atoms with van der Waals surface area (Å²) in [5.74, 6) is 4.11. The minimum absolute atomic E-state index is 0.0591. The van der Waals surface area contributed by atoms with Gasteiger partial charge in [-0.25, -0.2) is 9.98 Å². The molecular formula is C50H60N4. The quantitative estimate of drug-likeness (QED) is 0.246. The largest absolute Gasteiger partial charge is 0.325 e. The zero-order chi connectivity index (χ0) is 36.1. The lowest BCUT2D eigenvalue weighted by molar-refractivity contribution is 0.416. The predicted octanol–water partition coefficient (Wildman–Crippen LogP) is 11.5. The minimum atomic E-state index is -0.0591. The minimum Gasteiger partial charge on any atom is -0.325 e. The highest BCUT2D eigenvalue weighted by Gasteiger charge is 2.32. The van der Waals surface area contributed by atoms with Crippen molar-refractivity contribution in [2.75, 3.05) is 6.54 Å². The monoisotopic (exact) mass is 716 g/mol. The summed E-state index contributed by atoms with van der Waals surface area (Å²) in [5.41, 5.74) is 12.0. The van der Waals surface area contributed by atoms with E-state index < -0.39 is 0 Å². The Morgan fingerprint density at radius 1 is 0.611 bits per heavy atom. The molecule has 54 heavy (non-hydrogen) atoms. The number of nitrogens with one attached hydrogen (secondary N) is 2. The molecule has 0 aromatic rings. The first kappa shape index (κ1) is 35.7.